The number of hydrogen-bond donors (Lipinski definition) is 3. The number of nitrogens with zero attached hydrogens (tertiary/aromatic N) is 1. The second-order valence-corrected chi connectivity index (χ2v) is 7.45. The number of nitrogens with one attached hydrogen (secondary N) is 2. The van der Waals surface area contributed by atoms with Crippen LogP contribution in [0.3, 0.4) is 0 Å². The molecule has 3 N–H and O–H groups in total. The molecule has 9 heteroatoms. The van der Waals surface area contributed by atoms with E-state index in [1.165, 1.54) is 0 Å². The van der Waals surface area contributed by atoms with Crippen molar-refractivity contribution >= 4 is 30.4 Å². The van der Waals surface area contributed by atoms with Gasteiger partial charge in [0, 0.05) is 11.9 Å². The standard InChI is InChI=1S/C16H23B2N3O4/c1-15(2)16(3,4)25-18(24-15)10-6-7-11-12(8-10)13(9-19-17(5)23)20-21-14(11)22/h6-8,19,23H,9H2,1-5H3,(H,21,22). The van der Waals surface area contributed by atoms with E-state index < -0.39 is 25.4 Å². The molecule has 0 amide bonds. The fraction of sp³-hybridized carbons (Fsp3) is 0.500. The average Bonchev–Trinajstić information content (AvgIpc) is 2.74. The van der Waals surface area contributed by atoms with Crippen molar-refractivity contribution in [3.05, 3.63) is 34.2 Å². The van der Waals surface area contributed by atoms with Crippen LogP contribution in [0.25, 0.3) is 10.8 Å². The Bertz CT molecular complexity index is 835. The smallest absolute Gasteiger partial charge is 0.437 e. The molecule has 1 aliphatic heterocycles. The first-order valence-corrected chi connectivity index (χ1v) is 8.39. The van der Waals surface area contributed by atoms with Gasteiger partial charge >= 0.3 is 14.2 Å². The summed E-state index contributed by atoms with van der Waals surface area (Å²) in [5.41, 5.74) is 0.354. The summed E-state index contributed by atoms with van der Waals surface area (Å²) in [5.74, 6) is 0. The Morgan fingerprint density at radius 1 is 1.24 bits per heavy atom. The summed E-state index contributed by atoms with van der Waals surface area (Å²) in [6.07, 6.45) is 0. The topological polar surface area (TPSA) is 96.5 Å². The van der Waals surface area contributed by atoms with Gasteiger partial charge in [0.25, 0.3) is 5.56 Å². The van der Waals surface area contributed by atoms with Gasteiger partial charge in [-0.15, -0.1) is 0 Å². The van der Waals surface area contributed by atoms with Crippen LogP contribution in [0.2, 0.25) is 6.82 Å². The van der Waals surface area contributed by atoms with Gasteiger partial charge in [-0.25, -0.2) is 5.10 Å². The van der Waals surface area contributed by atoms with Crippen molar-refractivity contribution in [3.8, 4) is 0 Å². The van der Waals surface area contributed by atoms with Crippen LogP contribution in [0.1, 0.15) is 33.4 Å². The lowest BCUT2D eigenvalue weighted by molar-refractivity contribution is 0.00578. The van der Waals surface area contributed by atoms with Crippen LogP contribution >= 0.6 is 0 Å². The van der Waals surface area contributed by atoms with Crippen LogP contribution in [-0.4, -0.2) is 40.6 Å². The van der Waals surface area contributed by atoms with E-state index in [1.54, 1.807) is 12.9 Å². The molecular formula is C16H23B2N3O4. The molecule has 0 atom stereocenters. The highest BCUT2D eigenvalue weighted by molar-refractivity contribution is 6.62. The van der Waals surface area contributed by atoms with Crippen LogP contribution in [0, 0.1) is 0 Å². The number of fused-ring (bicyclic) bond motifs is 1. The maximum Gasteiger partial charge on any atom is 0.494 e. The summed E-state index contributed by atoms with van der Waals surface area (Å²) in [4.78, 5) is 12.1. The Hall–Kier alpha value is -1.67. The van der Waals surface area contributed by atoms with Crippen molar-refractivity contribution < 1.29 is 14.3 Å². The monoisotopic (exact) mass is 343 g/mol. The van der Waals surface area contributed by atoms with Crippen molar-refractivity contribution in [1.29, 1.82) is 0 Å². The minimum atomic E-state index is -0.671. The highest BCUT2D eigenvalue weighted by Crippen LogP contribution is 2.36. The molecular weight excluding hydrogens is 320 g/mol. The molecule has 1 aliphatic rings. The maximum absolute atomic E-state index is 12.1. The van der Waals surface area contributed by atoms with E-state index in [4.69, 9.17) is 9.31 Å². The lowest BCUT2D eigenvalue weighted by Gasteiger charge is -2.32. The fourth-order valence-corrected chi connectivity index (χ4v) is 2.74. The first-order valence-electron chi connectivity index (χ1n) is 8.39. The van der Waals surface area contributed by atoms with E-state index in [9.17, 15) is 9.82 Å². The highest BCUT2D eigenvalue weighted by atomic mass is 16.7. The quantitative estimate of drug-likeness (QED) is 0.697. The minimum absolute atomic E-state index is 0.253. The van der Waals surface area contributed by atoms with Gasteiger partial charge < -0.3 is 19.6 Å². The zero-order valence-electron chi connectivity index (χ0n) is 15.2. The molecule has 1 saturated heterocycles. The molecule has 7 nitrogen and oxygen atoms in total. The number of benzene rings is 1. The van der Waals surface area contributed by atoms with Gasteiger partial charge in [0.15, 0.2) is 0 Å². The molecule has 2 heterocycles. The lowest BCUT2D eigenvalue weighted by Crippen LogP contribution is -2.41. The van der Waals surface area contributed by atoms with Crippen LogP contribution in [0.15, 0.2) is 23.0 Å². The number of rotatable bonds is 4. The van der Waals surface area contributed by atoms with Gasteiger partial charge in [-0.05, 0) is 46.0 Å². The van der Waals surface area contributed by atoms with Crippen molar-refractivity contribution in [2.45, 2.75) is 52.3 Å². The molecule has 1 aromatic heterocycles. The Kier molecular flexibility index (Phi) is 4.53. The first kappa shape index (κ1) is 18.1. The molecule has 0 bridgehead atoms. The summed E-state index contributed by atoms with van der Waals surface area (Å²) in [6, 6.07) is 5.46. The molecule has 1 fully saturated rings. The second kappa shape index (κ2) is 6.25. The number of hydrogen-bond acceptors (Lipinski definition) is 6. The van der Waals surface area contributed by atoms with Gasteiger partial charge in [0.1, 0.15) is 0 Å². The first-order chi connectivity index (χ1) is 11.6. The fourth-order valence-electron chi connectivity index (χ4n) is 2.74. The van der Waals surface area contributed by atoms with E-state index in [1.807, 2.05) is 39.8 Å². The van der Waals surface area contributed by atoms with Crippen LogP contribution in [-0.2, 0) is 15.9 Å². The number of aromatic amines is 1. The maximum atomic E-state index is 12.1. The zero-order valence-corrected chi connectivity index (χ0v) is 15.2. The predicted molar refractivity (Wildman–Crippen MR) is 98.8 cm³/mol. The molecule has 0 radical (unpaired) electrons. The number of aromatic nitrogens is 2. The van der Waals surface area contributed by atoms with Gasteiger partial charge in [-0.3, -0.25) is 4.79 Å². The Morgan fingerprint density at radius 2 is 1.88 bits per heavy atom. The third-order valence-electron chi connectivity index (χ3n) is 4.98. The summed E-state index contributed by atoms with van der Waals surface area (Å²) in [7, 11) is -1.18. The SMILES string of the molecule is CB(O)NCc1n[nH]c(=O)c2ccc(B3OC(C)(C)C(C)(C)O3)cc12. The van der Waals surface area contributed by atoms with E-state index >= 15 is 0 Å². The van der Waals surface area contributed by atoms with E-state index in [-0.39, 0.29) is 5.56 Å². The normalized spacial score (nSPS) is 18.7. The van der Waals surface area contributed by atoms with Gasteiger partial charge in [0.2, 0.25) is 0 Å². The van der Waals surface area contributed by atoms with Crippen molar-refractivity contribution in [2.75, 3.05) is 0 Å². The Labute approximate surface area is 147 Å². The highest BCUT2D eigenvalue weighted by Gasteiger charge is 2.51. The van der Waals surface area contributed by atoms with Crippen molar-refractivity contribution in [2.24, 2.45) is 0 Å². The van der Waals surface area contributed by atoms with Crippen LogP contribution in [0.5, 0.6) is 0 Å². The second-order valence-electron chi connectivity index (χ2n) is 7.45. The summed E-state index contributed by atoms with van der Waals surface area (Å²) >= 11 is 0. The van der Waals surface area contributed by atoms with Crippen molar-refractivity contribution in [1.82, 2.24) is 15.4 Å². The van der Waals surface area contributed by atoms with Gasteiger partial charge in [-0.1, -0.05) is 12.1 Å². The molecule has 3 rings (SSSR count). The predicted octanol–water partition coefficient (Wildman–Crippen LogP) is 0.422. The van der Waals surface area contributed by atoms with Gasteiger partial charge in [0.05, 0.1) is 22.3 Å². The van der Waals surface area contributed by atoms with Crippen molar-refractivity contribution in [3.63, 3.8) is 0 Å². The molecule has 2 aromatic rings. The van der Waals surface area contributed by atoms with Gasteiger partial charge in [-0.2, -0.15) is 5.10 Å². The summed E-state index contributed by atoms with van der Waals surface area (Å²) in [5, 5.41) is 20.2. The molecule has 1 aromatic carbocycles. The average molecular weight is 343 g/mol. The van der Waals surface area contributed by atoms with E-state index in [0.29, 0.717) is 23.0 Å². The molecule has 0 saturated carbocycles. The molecule has 25 heavy (non-hydrogen) atoms. The minimum Gasteiger partial charge on any atom is -0.437 e. The number of H-pyrrole nitrogens is 1. The summed E-state index contributed by atoms with van der Waals surface area (Å²) < 4.78 is 12.2. The van der Waals surface area contributed by atoms with Crippen LogP contribution in [0.4, 0.5) is 0 Å². The molecule has 0 unspecified atom stereocenters. The van der Waals surface area contributed by atoms with E-state index in [0.717, 1.165) is 5.46 Å². The largest absolute Gasteiger partial charge is 0.494 e. The Morgan fingerprint density at radius 3 is 2.48 bits per heavy atom. The van der Waals surface area contributed by atoms with E-state index in [2.05, 4.69) is 15.4 Å². The zero-order chi connectivity index (χ0) is 18.4. The lowest BCUT2D eigenvalue weighted by atomic mass is 9.78. The molecule has 132 valence electrons. The molecule has 0 spiro atoms. The Balaban J connectivity index is 2.02. The molecule has 0 aliphatic carbocycles. The summed E-state index contributed by atoms with van der Waals surface area (Å²) in [6.45, 7) is 9.95. The van der Waals surface area contributed by atoms with Crippen LogP contribution < -0.4 is 16.2 Å². The third-order valence-corrected chi connectivity index (χ3v) is 4.98. The third kappa shape index (κ3) is 3.37.